The Morgan fingerprint density at radius 1 is 1.33 bits per heavy atom. The molecule has 1 saturated carbocycles. The summed E-state index contributed by atoms with van der Waals surface area (Å²) < 4.78 is 5.44. The number of carbonyl (C=O) groups is 1. The Morgan fingerprint density at radius 2 is 2.21 bits per heavy atom. The number of hydrogen-bond acceptors (Lipinski definition) is 5. The van der Waals surface area contributed by atoms with Crippen molar-refractivity contribution < 1.29 is 9.21 Å². The van der Waals surface area contributed by atoms with Gasteiger partial charge in [-0.1, -0.05) is 0 Å². The first-order valence-corrected chi connectivity index (χ1v) is 8.57. The topological polar surface area (TPSA) is 71.3 Å². The van der Waals surface area contributed by atoms with Crippen LogP contribution in [-0.2, 0) is 6.54 Å². The molecule has 2 aliphatic rings. The molecule has 1 N–H and O–H groups in total. The molecular formula is C18H22N4O2. The molecule has 4 rings (SSSR count). The molecule has 1 aliphatic carbocycles. The van der Waals surface area contributed by atoms with E-state index in [0.717, 1.165) is 44.7 Å². The number of amides is 1. The van der Waals surface area contributed by atoms with Crippen molar-refractivity contribution in [3.05, 3.63) is 48.4 Å². The van der Waals surface area contributed by atoms with E-state index < -0.39 is 0 Å². The second-order valence-electron chi connectivity index (χ2n) is 6.87. The van der Waals surface area contributed by atoms with Crippen molar-refractivity contribution >= 4 is 5.91 Å². The lowest BCUT2D eigenvalue weighted by Gasteiger charge is -2.54. The normalized spacial score (nSPS) is 22.9. The average molecular weight is 326 g/mol. The fourth-order valence-electron chi connectivity index (χ4n) is 3.95. The third-order valence-corrected chi connectivity index (χ3v) is 5.58. The molecule has 1 amide bonds. The first-order valence-electron chi connectivity index (χ1n) is 8.57. The van der Waals surface area contributed by atoms with Crippen LogP contribution in [0.15, 0.2) is 41.4 Å². The Hall–Kier alpha value is -2.21. The highest BCUT2D eigenvalue weighted by molar-refractivity contribution is 5.92. The number of hydrogen-bond donors (Lipinski definition) is 1. The van der Waals surface area contributed by atoms with Crippen LogP contribution in [0.1, 0.15) is 41.9 Å². The van der Waals surface area contributed by atoms with E-state index in [1.807, 2.05) is 12.1 Å². The number of rotatable bonds is 4. The van der Waals surface area contributed by atoms with Crippen molar-refractivity contribution in [3.63, 3.8) is 0 Å². The largest absolute Gasteiger partial charge is 0.468 e. The lowest BCUT2D eigenvalue weighted by Crippen LogP contribution is -2.59. The lowest BCUT2D eigenvalue weighted by molar-refractivity contribution is -0.00857. The highest BCUT2D eigenvalue weighted by Gasteiger charge is 2.48. The molecule has 0 radical (unpaired) electrons. The monoisotopic (exact) mass is 326 g/mol. The van der Waals surface area contributed by atoms with Crippen LogP contribution in [0.5, 0.6) is 0 Å². The zero-order valence-corrected chi connectivity index (χ0v) is 13.6. The van der Waals surface area contributed by atoms with E-state index in [4.69, 9.17) is 4.42 Å². The van der Waals surface area contributed by atoms with Crippen LogP contribution in [-0.4, -0.2) is 39.9 Å². The van der Waals surface area contributed by atoms with Gasteiger partial charge in [-0.2, -0.15) is 0 Å². The van der Waals surface area contributed by atoms with Gasteiger partial charge in [0.25, 0.3) is 5.91 Å². The van der Waals surface area contributed by atoms with E-state index in [2.05, 4.69) is 20.2 Å². The van der Waals surface area contributed by atoms with E-state index >= 15 is 0 Å². The summed E-state index contributed by atoms with van der Waals surface area (Å²) in [7, 11) is 0. The molecule has 2 fully saturated rings. The number of nitrogens with one attached hydrogen (secondary N) is 1. The van der Waals surface area contributed by atoms with Gasteiger partial charge in [-0.25, -0.2) is 4.98 Å². The fraction of sp³-hybridized carbons (Fsp3) is 0.500. The molecule has 6 heteroatoms. The Morgan fingerprint density at radius 3 is 2.83 bits per heavy atom. The van der Waals surface area contributed by atoms with Crippen LogP contribution in [0, 0.1) is 5.41 Å². The summed E-state index contributed by atoms with van der Waals surface area (Å²) in [5.74, 6) is 0.914. The number of likely N-dealkylation sites (tertiary alicyclic amines) is 1. The predicted octanol–water partition coefficient (Wildman–Crippen LogP) is 2.24. The molecule has 0 aromatic carbocycles. The first kappa shape index (κ1) is 15.3. The van der Waals surface area contributed by atoms with E-state index in [0.29, 0.717) is 5.69 Å². The van der Waals surface area contributed by atoms with Crippen molar-refractivity contribution in [1.82, 2.24) is 20.2 Å². The highest BCUT2D eigenvalue weighted by atomic mass is 16.3. The number of nitrogens with zero attached hydrogens (tertiary/aromatic N) is 3. The van der Waals surface area contributed by atoms with Crippen LogP contribution < -0.4 is 5.32 Å². The molecule has 0 bridgehead atoms. The second-order valence-corrected chi connectivity index (χ2v) is 6.87. The molecule has 2 aromatic heterocycles. The van der Waals surface area contributed by atoms with Gasteiger partial charge in [-0.15, -0.1) is 0 Å². The number of piperidine rings is 1. The van der Waals surface area contributed by atoms with Gasteiger partial charge < -0.3 is 9.73 Å². The van der Waals surface area contributed by atoms with Crippen LogP contribution >= 0.6 is 0 Å². The van der Waals surface area contributed by atoms with Crippen LogP contribution in [0.4, 0.5) is 0 Å². The Labute approximate surface area is 141 Å². The summed E-state index contributed by atoms with van der Waals surface area (Å²) in [5, 5.41) is 3.18. The molecular weight excluding hydrogens is 304 g/mol. The summed E-state index contributed by atoms with van der Waals surface area (Å²) in [6.07, 6.45) is 10.9. The zero-order valence-electron chi connectivity index (χ0n) is 13.6. The lowest BCUT2D eigenvalue weighted by atomic mass is 9.59. The van der Waals surface area contributed by atoms with Gasteiger partial charge in [-0.05, 0) is 56.3 Å². The number of carbonyl (C=O) groups excluding carboxylic acids is 1. The van der Waals surface area contributed by atoms with Crippen LogP contribution in [0.3, 0.4) is 0 Å². The van der Waals surface area contributed by atoms with Gasteiger partial charge in [0, 0.05) is 18.4 Å². The summed E-state index contributed by atoms with van der Waals surface area (Å²) in [6, 6.07) is 4.22. The van der Waals surface area contributed by atoms with Crippen molar-refractivity contribution in [1.29, 1.82) is 0 Å². The number of furan rings is 1. The van der Waals surface area contributed by atoms with Crippen LogP contribution in [0.2, 0.25) is 0 Å². The SMILES string of the molecule is O=C(N[C@H]1CCC12CCN(Cc1ccco1)CC2)c1cnccn1. The fourth-order valence-corrected chi connectivity index (χ4v) is 3.95. The maximum Gasteiger partial charge on any atom is 0.271 e. The Kier molecular flexibility index (Phi) is 4.06. The van der Waals surface area contributed by atoms with Crippen molar-refractivity contribution in [3.8, 4) is 0 Å². The molecule has 0 unspecified atom stereocenters. The van der Waals surface area contributed by atoms with Gasteiger partial charge in [-0.3, -0.25) is 14.7 Å². The minimum absolute atomic E-state index is 0.106. The molecule has 2 aromatic rings. The maximum absolute atomic E-state index is 12.3. The molecule has 24 heavy (non-hydrogen) atoms. The van der Waals surface area contributed by atoms with Gasteiger partial charge in [0.1, 0.15) is 11.5 Å². The third-order valence-electron chi connectivity index (χ3n) is 5.58. The van der Waals surface area contributed by atoms with E-state index in [-0.39, 0.29) is 17.4 Å². The van der Waals surface area contributed by atoms with Gasteiger partial charge in [0.15, 0.2) is 0 Å². The Balaban J connectivity index is 1.33. The number of aromatic nitrogens is 2. The first-order chi connectivity index (χ1) is 11.8. The van der Waals surface area contributed by atoms with Crippen molar-refractivity contribution in [2.24, 2.45) is 5.41 Å². The zero-order chi connectivity index (χ0) is 16.4. The molecule has 1 aliphatic heterocycles. The quantitative estimate of drug-likeness (QED) is 0.933. The molecule has 1 saturated heterocycles. The predicted molar refractivity (Wildman–Crippen MR) is 88.2 cm³/mol. The molecule has 6 nitrogen and oxygen atoms in total. The standard InChI is InChI=1S/C18H22N4O2/c23-17(15-12-19-7-8-20-15)21-16-3-4-18(16)5-9-22(10-6-18)13-14-2-1-11-24-14/h1-2,7-8,11-12,16H,3-6,9-10,13H2,(H,21,23)/t16-/m0/s1. The molecule has 126 valence electrons. The molecule has 3 heterocycles. The highest BCUT2D eigenvalue weighted by Crippen LogP contribution is 2.49. The summed E-state index contributed by atoms with van der Waals surface area (Å²) in [6.45, 7) is 2.98. The van der Waals surface area contributed by atoms with Crippen molar-refractivity contribution in [2.45, 2.75) is 38.3 Å². The van der Waals surface area contributed by atoms with E-state index in [1.165, 1.54) is 12.6 Å². The van der Waals surface area contributed by atoms with Crippen molar-refractivity contribution in [2.75, 3.05) is 13.1 Å². The average Bonchev–Trinajstić information content (AvgIpc) is 3.13. The minimum Gasteiger partial charge on any atom is -0.468 e. The minimum atomic E-state index is -0.106. The second kappa shape index (κ2) is 6.36. The van der Waals surface area contributed by atoms with E-state index in [1.54, 1.807) is 18.7 Å². The van der Waals surface area contributed by atoms with Crippen LogP contribution in [0.25, 0.3) is 0 Å². The van der Waals surface area contributed by atoms with Gasteiger partial charge in [0.05, 0.1) is 19.0 Å². The molecule has 1 atom stereocenters. The maximum atomic E-state index is 12.3. The summed E-state index contributed by atoms with van der Waals surface area (Å²) >= 11 is 0. The smallest absolute Gasteiger partial charge is 0.271 e. The van der Waals surface area contributed by atoms with Gasteiger partial charge >= 0.3 is 0 Å². The summed E-state index contributed by atoms with van der Waals surface area (Å²) in [4.78, 5) is 22.8. The third kappa shape index (κ3) is 2.94. The van der Waals surface area contributed by atoms with Gasteiger partial charge in [0.2, 0.25) is 0 Å². The van der Waals surface area contributed by atoms with E-state index in [9.17, 15) is 4.79 Å². The Bertz CT molecular complexity index is 678. The summed E-state index contributed by atoms with van der Waals surface area (Å²) in [5.41, 5.74) is 0.659. The molecule has 1 spiro atoms.